The Labute approximate surface area is 148 Å². The van der Waals surface area contributed by atoms with Crippen LogP contribution in [-0.2, 0) is 19.4 Å². The fourth-order valence-electron chi connectivity index (χ4n) is 1.94. The van der Waals surface area contributed by atoms with Crippen LogP contribution in [0, 0.1) is 0 Å². The molecule has 6 unspecified atom stereocenters. The maximum Gasteiger partial charge on any atom is 0.466 e. The highest BCUT2D eigenvalue weighted by Gasteiger charge is 2.39. The Morgan fingerprint density at radius 2 is 2.04 bits per heavy atom. The van der Waals surface area contributed by atoms with Gasteiger partial charge in [0.1, 0.15) is 22.7 Å². The van der Waals surface area contributed by atoms with Crippen LogP contribution < -0.4 is 0 Å². The number of thioether (sulfide) groups is 1. The summed E-state index contributed by atoms with van der Waals surface area (Å²) >= 11 is 0.631. The molecule has 1 heterocycles. The molecule has 25 heavy (non-hydrogen) atoms. The zero-order chi connectivity index (χ0) is 19.2. The molecular weight excluding hydrogens is 382 g/mol. The first-order valence-corrected chi connectivity index (χ1v) is 9.32. The van der Waals surface area contributed by atoms with Gasteiger partial charge in [-0.3, -0.25) is 4.55 Å². The van der Waals surface area contributed by atoms with Crippen LogP contribution in [0.3, 0.4) is 0 Å². The predicted octanol–water partition coefficient (Wildman–Crippen LogP) is -2.02. The van der Waals surface area contributed by atoms with E-state index < -0.39 is 53.0 Å². The molecule has 0 spiro atoms. The van der Waals surface area contributed by atoms with E-state index >= 15 is 0 Å². The standard InChI is InChI=1S/C12H21NO10S2/c1-2-6(15)3-10(13-23-25(19,20)21)24-12-8(17)4-7(16)11(18)9(5-14)22-12/h2,6-9,11-12,14-18H,1,3-5H2,(H,19,20,21). The molecule has 0 amide bonds. The van der Waals surface area contributed by atoms with Gasteiger partial charge in [0.05, 0.1) is 24.9 Å². The third-order valence-corrected chi connectivity index (χ3v) is 4.64. The second-order valence-corrected chi connectivity index (χ2v) is 7.37. The van der Waals surface area contributed by atoms with Crippen LogP contribution in [0.1, 0.15) is 12.8 Å². The number of oxime groups is 1. The average Bonchev–Trinajstić information content (AvgIpc) is 2.63. The smallest absolute Gasteiger partial charge is 0.394 e. The molecule has 0 bridgehead atoms. The van der Waals surface area contributed by atoms with Crippen LogP contribution in [0.15, 0.2) is 17.8 Å². The van der Waals surface area contributed by atoms with E-state index in [2.05, 4.69) is 16.0 Å². The van der Waals surface area contributed by atoms with Crippen molar-refractivity contribution in [3.8, 4) is 0 Å². The van der Waals surface area contributed by atoms with Gasteiger partial charge in [-0.15, -0.1) is 6.58 Å². The van der Waals surface area contributed by atoms with E-state index in [0.717, 1.165) is 6.08 Å². The van der Waals surface area contributed by atoms with Gasteiger partial charge in [0.25, 0.3) is 0 Å². The zero-order valence-electron chi connectivity index (χ0n) is 12.9. The molecule has 6 atom stereocenters. The lowest BCUT2D eigenvalue weighted by Crippen LogP contribution is -2.40. The van der Waals surface area contributed by atoms with Gasteiger partial charge in [0.2, 0.25) is 0 Å². The fraction of sp³-hybridized carbons (Fsp3) is 0.750. The molecule has 0 saturated carbocycles. The van der Waals surface area contributed by atoms with E-state index in [0.29, 0.717) is 11.8 Å². The Morgan fingerprint density at radius 1 is 1.40 bits per heavy atom. The number of rotatable bonds is 7. The number of aliphatic hydroxyl groups excluding tert-OH is 5. The summed E-state index contributed by atoms with van der Waals surface area (Å²) in [6.45, 7) is 2.69. The third kappa shape index (κ3) is 7.55. The highest BCUT2D eigenvalue weighted by Crippen LogP contribution is 2.29. The van der Waals surface area contributed by atoms with Crippen LogP contribution >= 0.6 is 11.8 Å². The van der Waals surface area contributed by atoms with E-state index in [-0.39, 0.29) is 17.9 Å². The average molecular weight is 403 g/mol. The summed E-state index contributed by atoms with van der Waals surface area (Å²) in [5.41, 5.74) is -1.18. The quantitative estimate of drug-likeness (QED) is 0.0905. The molecule has 0 radical (unpaired) electrons. The molecule has 0 aliphatic carbocycles. The third-order valence-electron chi connectivity index (χ3n) is 3.20. The minimum Gasteiger partial charge on any atom is -0.394 e. The molecule has 11 nitrogen and oxygen atoms in total. The molecule has 146 valence electrons. The summed E-state index contributed by atoms with van der Waals surface area (Å²) in [4.78, 5) is 0. The topological polar surface area (TPSA) is 186 Å². The monoisotopic (exact) mass is 403 g/mol. The van der Waals surface area contributed by atoms with Crippen LogP contribution in [-0.4, -0.2) is 86.1 Å². The summed E-state index contributed by atoms with van der Waals surface area (Å²) in [7, 11) is -4.89. The minimum absolute atomic E-state index is 0.184. The van der Waals surface area contributed by atoms with Crippen molar-refractivity contribution >= 4 is 27.2 Å². The molecule has 1 aliphatic heterocycles. The van der Waals surface area contributed by atoms with Crippen molar-refractivity contribution in [2.45, 2.75) is 48.8 Å². The molecular formula is C12H21NO10S2. The Balaban J connectivity index is 2.97. The first kappa shape index (κ1) is 22.3. The fourth-order valence-corrected chi connectivity index (χ4v) is 3.25. The van der Waals surface area contributed by atoms with Gasteiger partial charge in [-0.2, -0.15) is 8.42 Å². The lowest BCUT2D eigenvalue weighted by atomic mass is 10.0. The van der Waals surface area contributed by atoms with Crippen LogP contribution in [0.4, 0.5) is 0 Å². The van der Waals surface area contributed by atoms with Gasteiger partial charge < -0.3 is 30.3 Å². The Kier molecular flexibility index (Phi) is 8.73. The van der Waals surface area contributed by atoms with Gasteiger partial charge >= 0.3 is 10.4 Å². The summed E-state index contributed by atoms with van der Waals surface area (Å²) in [6, 6.07) is 0. The summed E-state index contributed by atoms with van der Waals surface area (Å²) in [5, 5.41) is 51.4. The lowest BCUT2D eigenvalue weighted by Gasteiger charge is -2.25. The highest BCUT2D eigenvalue weighted by atomic mass is 32.3. The Hall–Kier alpha value is -0.770. The zero-order valence-corrected chi connectivity index (χ0v) is 14.6. The highest BCUT2D eigenvalue weighted by molar-refractivity contribution is 8.14. The Morgan fingerprint density at radius 3 is 2.56 bits per heavy atom. The number of hydrogen-bond donors (Lipinski definition) is 6. The number of nitrogens with zero attached hydrogens (tertiary/aromatic N) is 1. The SMILES string of the molecule is C=CC(O)CC(=NOS(=O)(=O)O)SC1OC(CO)C(O)C(O)CC1O. The molecule has 13 heteroatoms. The van der Waals surface area contributed by atoms with Crippen LogP contribution in [0.25, 0.3) is 0 Å². The van der Waals surface area contributed by atoms with Crippen LogP contribution in [0.2, 0.25) is 0 Å². The second-order valence-electron chi connectivity index (χ2n) is 5.20. The lowest BCUT2D eigenvalue weighted by molar-refractivity contribution is -0.0986. The van der Waals surface area contributed by atoms with E-state index in [1.807, 2.05) is 0 Å². The van der Waals surface area contributed by atoms with Crippen molar-refractivity contribution < 1.29 is 47.5 Å². The van der Waals surface area contributed by atoms with Crippen molar-refractivity contribution in [1.82, 2.24) is 0 Å². The van der Waals surface area contributed by atoms with Gasteiger partial charge in [-0.25, -0.2) is 4.28 Å². The van der Waals surface area contributed by atoms with Crippen molar-refractivity contribution in [3.05, 3.63) is 12.7 Å². The normalized spacial score (nSPS) is 32.7. The predicted molar refractivity (Wildman–Crippen MR) is 86.9 cm³/mol. The van der Waals surface area contributed by atoms with E-state index in [1.165, 1.54) is 0 Å². The van der Waals surface area contributed by atoms with Crippen molar-refractivity contribution in [2.24, 2.45) is 5.16 Å². The Bertz CT molecular complexity index is 568. The first-order valence-electron chi connectivity index (χ1n) is 7.08. The summed E-state index contributed by atoms with van der Waals surface area (Å²) < 4.78 is 39.1. The molecule has 0 aromatic rings. The maximum atomic E-state index is 10.6. The van der Waals surface area contributed by atoms with E-state index in [4.69, 9.17) is 9.29 Å². The molecule has 0 aromatic carbocycles. The van der Waals surface area contributed by atoms with Gasteiger partial charge in [-0.05, 0) is 0 Å². The van der Waals surface area contributed by atoms with E-state index in [9.17, 15) is 34.0 Å². The van der Waals surface area contributed by atoms with Gasteiger partial charge in [0, 0.05) is 12.8 Å². The van der Waals surface area contributed by atoms with Crippen molar-refractivity contribution in [1.29, 1.82) is 0 Å². The molecule has 0 aromatic heterocycles. The van der Waals surface area contributed by atoms with Gasteiger partial charge in [0.15, 0.2) is 0 Å². The molecule has 1 aliphatic rings. The van der Waals surface area contributed by atoms with Crippen molar-refractivity contribution in [3.63, 3.8) is 0 Å². The first-order chi connectivity index (χ1) is 11.6. The molecule has 1 rings (SSSR count). The molecule has 1 saturated heterocycles. The molecule has 6 N–H and O–H groups in total. The minimum atomic E-state index is -4.89. The number of aliphatic hydroxyl groups is 5. The number of hydrogen-bond acceptors (Lipinski definition) is 11. The summed E-state index contributed by atoms with van der Waals surface area (Å²) in [6.07, 6.45) is -5.89. The van der Waals surface area contributed by atoms with Crippen LogP contribution in [0.5, 0.6) is 0 Å². The molecule has 1 fully saturated rings. The maximum absolute atomic E-state index is 10.6. The van der Waals surface area contributed by atoms with Gasteiger partial charge in [-0.1, -0.05) is 23.0 Å². The number of ether oxygens (including phenoxy) is 1. The van der Waals surface area contributed by atoms with Crippen molar-refractivity contribution in [2.75, 3.05) is 6.61 Å². The summed E-state index contributed by atoms with van der Waals surface area (Å²) in [5.74, 6) is 0. The van der Waals surface area contributed by atoms with E-state index in [1.54, 1.807) is 0 Å². The largest absolute Gasteiger partial charge is 0.466 e. The second kappa shape index (κ2) is 9.80.